The number of nitrogens with one attached hydrogen (secondary N) is 1. The number of amides is 1. The van der Waals surface area contributed by atoms with Crippen LogP contribution in [0.2, 0.25) is 0 Å². The molecule has 3 heterocycles. The highest BCUT2D eigenvalue weighted by Crippen LogP contribution is 2.34. The Hall–Kier alpha value is -3.48. The minimum atomic E-state index is -0.552. The van der Waals surface area contributed by atoms with Gasteiger partial charge in [-0.25, -0.2) is 14.4 Å². The lowest BCUT2D eigenvalue weighted by molar-refractivity contribution is 0.101. The van der Waals surface area contributed by atoms with E-state index in [0.29, 0.717) is 22.5 Å². The van der Waals surface area contributed by atoms with Gasteiger partial charge in [0.25, 0.3) is 5.91 Å². The predicted octanol–water partition coefficient (Wildman–Crippen LogP) is 5.15. The number of nitrogens with zero attached hydrogens (tertiary/aromatic N) is 3. The number of rotatable bonds is 3. The second kappa shape index (κ2) is 7.74. The molecule has 5 rings (SSSR count). The summed E-state index contributed by atoms with van der Waals surface area (Å²) in [6.07, 6.45) is 4.46. The molecule has 30 heavy (non-hydrogen) atoms. The monoisotopic (exact) mass is 404 g/mol. The quantitative estimate of drug-likeness (QED) is 0.511. The van der Waals surface area contributed by atoms with Gasteiger partial charge in [-0.1, -0.05) is 37.1 Å². The Bertz CT molecular complexity index is 1230. The van der Waals surface area contributed by atoms with Crippen LogP contribution in [-0.4, -0.2) is 29.0 Å². The molecule has 0 spiro atoms. The molecule has 7 heteroatoms. The maximum atomic E-state index is 14.0. The Morgan fingerprint density at radius 1 is 0.967 bits per heavy atom. The van der Waals surface area contributed by atoms with Crippen molar-refractivity contribution in [3.8, 4) is 0 Å². The van der Waals surface area contributed by atoms with E-state index in [-0.39, 0.29) is 11.5 Å². The second-order valence-electron chi connectivity index (χ2n) is 7.48. The Morgan fingerprint density at radius 2 is 1.70 bits per heavy atom. The SMILES string of the molecule is O=C(Nc1ccccc1F)c1nc(N2CCCCCC2)c2oc3ccccc3c2n1. The molecule has 0 saturated carbocycles. The molecule has 0 bridgehead atoms. The summed E-state index contributed by atoms with van der Waals surface area (Å²) in [6, 6.07) is 13.6. The first-order chi connectivity index (χ1) is 14.7. The van der Waals surface area contributed by atoms with Crippen LogP contribution in [0.5, 0.6) is 0 Å². The van der Waals surface area contributed by atoms with Crippen LogP contribution < -0.4 is 10.2 Å². The van der Waals surface area contributed by atoms with Crippen LogP contribution in [0.25, 0.3) is 22.1 Å². The third kappa shape index (κ3) is 3.36. The van der Waals surface area contributed by atoms with Crippen molar-refractivity contribution < 1.29 is 13.6 Å². The number of hydrogen-bond acceptors (Lipinski definition) is 5. The third-order valence-electron chi connectivity index (χ3n) is 5.43. The van der Waals surface area contributed by atoms with E-state index in [1.807, 2.05) is 24.3 Å². The Balaban J connectivity index is 1.63. The van der Waals surface area contributed by atoms with Crippen molar-refractivity contribution in [3.63, 3.8) is 0 Å². The van der Waals surface area contributed by atoms with E-state index in [0.717, 1.165) is 31.3 Å². The molecule has 1 saturated heterocycles. The lowest BCUT2D eigenvalue weighted by atomic mass is 10.2. The van der Waals surface area contributed by atoms with Crippen LogP contribution in [0, 0.1) is 5.82 Å². The van der Waals surface area contributed by atoms with Crippen LogP contribution in [0.1, 0.15) is 36.3 Å². The number of hydrogen-bond donors (Lipinski definition) is 1. The number of furan rings is 1. The third-order valence-corrected chi connectivity index (χ3v) is 5.43. The molecular weight excluding hydrogens is 383 g/mol. The first kappa shape index (κ1) is 18.5. The van der Waals surface area contributed by atoms with Gasteiger partial charge in [0.05, 0.1) is 5.69 Å². The summed E-state index contributed by atoms with van der Waals surface area (Å²) in [7, 11) is 0. The van der Waals surface area contributed by atoms with Crippen molar-refractivity contribution in [1.82, 2.24) is 9.97 Å². The summed E-state index contributed by atoms with van der Waals surface area (Å²) in [4.78, 5) is 24.2. The zero-order valence-electron chi connectivity index (χ0n) is 16.4. The zero-order valence-corrected chi connectivity index (χ0v) is 16.4. The average molecular weight is 404 g/mol. The molecule has 1 N–H and O–H groups in total. The van der Waals surface area contributed by atoms with Gasteiger partial charge >= 0.3 is 0 Å². The van der Waals surface area contributed by atoms with E-state index >= 15 is 0 Å². The number of carbonyl (C=O) groups is 1. The molecule has 1 fully saturated rings. The summed E-state index contributed by atoms with van der Waals surface area (Å²) < 4.78 is 20.1. The zero-order chi connectivity index (χ0) is 20.5. The molecule has 152 valence electrons. The lowest BCUT2D eigenvalue weighted by Crippen LogP contribution is -2.27. The maximum Gasteiger partial charge on any atom is 0.293 e. The normalized spacial score (nSPS) is 14.8. The van der Waals surface area contributed by atoms with Gasteiger partial charge < -0.3 is 14.6 Å². The van der Waals surface area contributed by atoms with Gasteiger partial charge in [-0.2, -0.15) is 0 Å². The number of carbonyl (C=O) groups excluding carboxylic acids is 1. The van der Waals surface area contributed by atoms with Crippen molar-refractivity contribution in [3.05, 3.63) is 60.2 Å². The molecular formula is C23H21FN4O2. The minimum Gasteiger partial charge on any atom is -0.450 e. The lowest BCUT2D eigenvalue weighted by Gasteiger charge is -2.21. The molecule has 0 unspecified atom stereocenters. The molecule has 0 aliphatic carbocycles. The van der Waals surface area contributed by atoms with Crippen molar-refractivity contribution in [2.24, 2.45) is 0 Å². The van der Waals surface area contributed by atoms with Crippen molar-refractivity contribution >= 4 is 39.5 Å². The Morgan fingerprint density at radius 3 is 2.50 bits per heavy atom. The first-order valence-corrected chi connectivity index (χ1v) is 10.2. The van der Waals surface area contributed by atoms with Crippen LogP contribution in [-0.2, 0) is 0 Å². The summed E-state index contributed by atoms with van der Waals surface area (Å²) in [5, 5.41) is 3.41. The summed E-state index contributed by atoms with van der Waals surface area (Å²) in [5.41, 5.74) is 1.98. The fraction of sp³-hybridized carbons (Fsp3) is 0.261. The van der Waals surface area contributed by atoms with E-state index in [1.165, 1.54) is 25.0 Å². The van der Waals surface area contributed by atoms with Gasteiger partial charge in [-0.15, -0.1) is 0 Å². The fourth-order valence-electron chi connectivity index (χ4n) is 3.92. The van der Waals surface area contributed by atoms with Gasteiger partial charge in [0.1, 0.15) is 16.9 Å². The van der Waals surface area contributed by atoms with Crippen LogP contribution >= 0.6 is 0 Å². The van der Waals surface area contributed by atoms with Crippen LogP contribution in [0.3, 0.4) is 0 Å². The molecule has 2 aromatic carbocycles. The summed E-state index contributed by atoms with van der Waals surface area (Å²) in [5.74, 6) is -0.440. The van der Waals surface area contributed by atoms with Gasteiger partial charge in [-0.3, -0.25) is 4.79 Å². The summed E-state index contributed by atoms with van der Waals surface area (Å²) >= 11 is 0. The van der Waals surface area contributed by atoms with Crippen molar-refractivity contribution in [2.45, 2.75) is 25.7 Å². The first-order valence-electron chi connectivity index (χ1n) is 10.2. The minimum absolute atomic E-state index is 0.00319. The predicted molar refractivity (Wildman–Crippen MR) is 114 cm³/mol. The number of fused-ring (bicyclic) bond motifs is 3. The molecule has 1 aliphatic rings. The number of halogens is 1. The second-order valence-corrected chi connectivity index (χ2v) is 7.48. The fourth-order valence-corrected chi connectivity index (χ4v) is 3.92. The molecule has 0 atom stereocenters. The largest absolute Gasteiger partial charge is 0.450 e. The van der Waals surface area contributed by atoms with Gasteiger partial charge in [0, 0.05) is 18.5 Å². The summed E-state index contributed by atoms with van der Waals surface area (Å²) in [6.45, 7) is 1.69. The Kier molecular flexibility index (Phi) is 4.78. The van der Waals surface area contributed by atoms with Crippen molar-refractivity contribution in [2.75, 3.05) is 23.3 Å². The van der Waals surface area contributed by atoms with Gasteiger partial charge in [-0.05, 0) is 37.1 Å². The topological polar surface area (TPSA) is 71.3 Å². The molecule has 1 aliphatic heterocycles. The number of para-hydroxylation sites is 2. The standard InChI is InChI=1S/C23H21FN4O2/c24-16-10-4-5-11-17(16)25-23(29)21-26-19-15-9-3-6-12-18(15)30-20(19)22(27-21)28-13-7-1-2-8-14-28/h3-6,9-12H,1-2,7-8,13-14H2,(H,25,29). The molecule has 6 nitrogen and oxygen atoms in total. The van der Waals surface area contributed by atoms with E-state index in [4.69, 9.17) is 4.42 Å². The highest BCUT2D eigenvalue weighted by Gasteiger charge is 2.23. The number of anilines is 2. The molecule has 1 amide bonds. The smallest absolute Gasteiger partial charge is 0.293 e. The van der Waals surface area contributed by atoms with Crippen LogP contribution in [0.4, 0.5) is 15.9 Å². The van der Waals surface area contributed by atoms with E-state index in [1.54, 1.807) is 12.1 Å². The molecule has 2 aromatic heterocycles. The highest BCUT2D eigenvalue weighted by molar-refractivity contribution is 6.09. The maximum absolute atomic E-state index is 14.0. The van der Waals surface area contributed by atoms with Crippen LogP contribution in [0.15, 0.2) is 52.9 Å². The van der Waals surface area contributed by atoms with E-state index in [9.17, 15) is 9.18 Å². The highest BCUT2D eigenvalue weighted by atomic mass is 19.1. The van der Waals surface area contributed by atoms with Gasteiger partial charge in [0.2, 0.25) is 5.82 Å². The number of benzene rings is 2. The van der Waals surface area contributed by atoms with E-state index < -0.39 is 11.7 Å². The van der Waals surface area contributed by atoms with Gasteiger partial charge in [0.15, 0.2) is 11.4 Å². The van der Waals surface area contributed by atoms with Crippen molar-refractivity contribution in [1.29, 1.82) is 0 Å². The van der Waals surface area contributed by atoms with E-state index in [2.05, 4.69) is 20.2 Å². The molecule has 4 aromatic rings. The number of aromatic nitrogens is 2. The average Bonchev–Trinajstić information content (AvgIpc) is 2.93. The molecule has 0 radical (unpaired) electrons. The Labute approximate surface area is 172 Å².